The Balaban J connectivity index is 1.22. The van der Waals surface area contributed by atoms with Crippen LogP contribution >= 0.6 is 11.6 Å². The van der Waals surface area contributed by atoms with Gasteiger partial charge in [-0.3, -0.25) is 9.59 Å². The second kappa shape index (κ2) is 7.16. The fourth-order valence-electron chi connectivity index (χ4n) is 4.52. The molecule has 5 nitrogen and oxygen atoms in total. The predicted molar refractivity (Wildman–Crippen MR) is 109 cm³/mol. The van der Waals surface area contributed by atoms with Crippen LogP contribution in [-0.2, 0) is 16.2 Å². The molecule has 0 radical (unpaired) electrons. The molecular formula is C23H19ClN2O3. The summed E-state index contributed by atoms with van der Waals surface area (Å²) in [7, 11) is 0. The lowest BCUT2D eigenvalue weighted by molar-refractivity contribution is -0.140. The highest BCUT2D eigenvalue weighted by Gasteiger charge is 2.59. The number of carbonyl (C=O) groups excluding carboxylic acids is 2. The average molecular weight is 407 g/mol. The molecule has 3 aliphatic rings. The number of carbonyl (C=O) groups is 2. The van der Waals surface area contributed by atoms with E-state index in [4.69, 9.17) is 16.3 Å². The standard InChI is InChI=1S/C23H19ClN2O3/c24-18-7-1-15(2-8-18)13-29-19-9-3-14(4-10-19)12-25-26-22(27)20-16-5-6-17(11-16)21(20)23(26)28/h1-10,12,16-17,20-21H,11,13H2/t16-,17-,20-,21+/m0/s1. The maximum atomic E-state index is 12.6. The van der Waals surface area contributed by atoms with Gasteiger partial charge in [0.25, 0.3) is 11.8 Å². The second-order valence-corrected chi connectivity index (χ2v) is 8.15. The maximum absolute atomic E-state index is 12.6. The number of nitrogens with zero attached hydrogens (tertiary/aromatic N) is 2. The van der Waals surface area contributed by atoms with E-state index in [2.05, 4.69) is 17.3 Å². The Morgan fingerprint density at radius 1 is 0.966 bits per heavy atom. The summed E-state index contributed by atoms with van der Waals surface area (Å²) in [6.45, 7) is 0.445. The van der Waals surface area contributed by atoms with E-state index in [1.807, 2.05) is 48.5 Å². The summed E-state index contributed by atoms with van der Waals surface area (Å²) < 4.78 is 5.77. The van der Waals surface area contributed by atoms with Crippen molar-refractivity contribution in [3.8, 4) is 5.75 Å². The van der Waals surface area contributed by atoms with Gasteiger partial charge in [0.1, 0.15) is 12.4 Å². The number of ether oxygens (including phenoxy) is 1. The van der Waals surface area contributed by atoms with Gasteiger partial charge in [-0.1, -0.05) is 35.9 Å². The highest BCUT2D eigenvalue weighted by atomic mass is 35.5. The molecular weight excluding hydrogens is 388 g/mol. The van der Waals surface area contributed by atoms with Crippen molar-refractivity contribution in [1.29, 1.82) is 0 Å². The molecule has 146 valence electrons. The summed E-state index contributed by atoms with van der Waals surface area (Å²) in [6.07, 6.45) is 6.62. The number of hydrogen-bond donors (Lipinski definition) is 0. The lowest BCUT2D eigenvalue weighted by Gasteiger charge is -2.13. The Kier molecular flexibility index (Phi) is 4.47. The molecule has 6 heteroatoms. The Morgan fingerprint density at radius 3 is 2.21 bits per heavy atom. The lowest BCUT2D eigenvalue weighted by atomic mass is 9.85. The third-order valence-electron chi connectivity index (χ3n) is 5.97. The summed E-state index contributed by atoms with van der Waals surface area (Å²) in [4.78, 5) is 25.3. The van der Waals surface area contributed by atoms with E-state index in [0.717, 1.165) is 28.3 Å². The van der Waals surface area contributed by atoms with Crippen LogP contribution in [0.1, 0.15) is 17.5 Å². The van der Waals surface area contributed by atoms with Crippen molar-refractivity contribution in [3.05, 3.63) is 76.8 Å². The van der Waals surface area contributed by atoms with E-state index in [1.54, 1.807) is 6.21 Å². The lowest BCUT2D eigenvalue weighted by Crippen LogP contribution is -2.28. The number of amides is 2. The van der Waals surface area contributed by atoms with Crippen molar-refractivity contribution in [2.75, 3.05) is 0 Å². The van der Waals surface area contributed by atoms with Gasteiger partial charge in [-0.25, -0.2) is 0 Å². The van der Waals surface area contributed by atoms with Gasteiger partial charge >= 0.3 is 0 Å². The quantitative estimate of drug-likeness (QED) is 0.427. The van der Waals surface area contributed by atoms with Gasteiger partial charge in [0, 0.05) is 5.02 Å². The molecule has 1 saturated carbocycles. The van der Waals surface area contributed by atoms with E-state index < -0.39 is 0 Å². The molecule has 2 amide bonds. The van der Waals surface area contributed by atoms with Crippen molar-refractivity contribution in [2.45, 2.75) is 13.0 Å². The van der Waals surface area contributed by atoms with Crippen LogP contribution in [0.3, 0.4) is 0 Å². The molecule has 2 fully saturated rings. The number of benzene rings is 2. The van der Waals surface area contributed by atoms with E-state index in [1.165, 1.54) is 0 Å². The molecule has 5 rings (SSSR count). The number of imide groups is 1. The predicted octanol–water partition coefficient (Wildman–Crippen LogP) is 4.06. The molecule has 0 unspecified atom stereocenters. The van der Waals surface area contributed by atoms with Crippen molar-refractivity contribution in [1.82, 2.24) is 5.01 Å². The molecule has 29 heavy (non-hydrogen) atoms. The van der Waals surface area contributed by atoms with Crippen LogP contribution in [-0.4, -0.2) is 23.0 Å². The first kappa shape index (κ1) is 18.1. The Hall–Kier alpha value is -2.92. The molecule has 4 atom stereocenters. The Morgan fingerprint density at radius 2 is 1.59 bits per heavy atom. The molecule has 1 aliphatic heterocycles. The number of allylic oxidation sites excluding steroid dienone is 2. The van der Waals surface area contributed by atoms with E-state index in [9.17, 15) is 9.59 Å². The van der Waals surface area contributed by atoms with E-state index >= 15 is 0 Å². The number of fused-ring (bicyclic) bond motifs is 5. The van der Waals surface area contributed by atoms with Gasteiger partial charge in [-0.2, -0.15) is 10.1 Å². The van der Waals surface area contributed by atoms with Crippen LogP contribution in [0.15, 0.2) is 65.8 Å². The molecule has 2 aromatic carbocycles. The third-order valence-corrected chi connectivity index (χ3v) is 6.22. The van der Waals surface area contributed by atoms with Gasteiger partial charge in [0.15, 0.2) is 0 Å². The molecule has 2 bridgehead atoms. The highest BCUT2D eigenvalue weighted by molar-refractivity contribution is 6.30. The zero-order chi connectivity index (χ0) is 20.0. The molecule has 0 aromatic heterocycles. The van der Waals surface area contributed by atoms with Gasteiger partial charge in [0.05, 0.1) is 18.1 Å². The molecule has 1 heterocycles. The first-order valence-corrected chi connectivity index (χ1v) is 10.1. The van der Waals surface area contributed by atoms with Crippen LogP contribution in [0, 0.1) is 23.7 Å². The summed E-state index contributed by atoms with van der Waals surface area (Å²) >= 11 is 5.88. The molecule has 2 aromatic rings. The van der Waals surface area contributed by atoms with Crippen LogP contribution in [0.4, 0.5) is 0 Å². The topological polar surface area (TPSA) is 59.0 Å². The Labute approximate surface area is 173 Å². The molecule has 0 N–H and O–H groups in total. The Bertz CT molecular complexity index is 983. The summed E-state index contributed by atoms with van der Waals surface area (Å²) in [5, 5.41) is 5.95. The summed E-state index contributed by atoms with van der Waals surface area (Å²) in [6, 6.07) is 14.9. The van der Waals surface area contributed by atoms with Crippen molar-refractivity contribution >= 4 is 29.6 Å². The van der Waals surface area contributed by atoms with E-state index in [0.29, 0.717) is 11.6 Å². The zero-order valence-electron chi connectivity index (χ0n) is 15.6. The average Bonchev–Trinajstić information content (AvgIpc) is 3.41. The van der Waals surface area contributed by atoms with Crippen LogP contribution < -0.4 is 4.74 Å². The van der Waals surface area contributed by atoms with Crippen molar-refractivity contribution in [2.24, 2.45) is 28.8 Å². The van der Waals surface area contributed by atoms with Crippen molar-refractivity contribution in [3.63, 3.8) is 0 Å². The van der Waals surface area contributed by atoms with Gasteiger partial charge < -0.3 is 4.74 Å². The number of halogens is 1. The summed E-state index contributed by atoms with van der Waals surface area (Å²) in [5.74, 6) is 0.323. The van der Waals surface area contributed by atoms with Gasteiger partial charge in [-0.15, -0.1) is 0 Å². The fraction of sp³-hybridized carbons (Fsp3) is 0.261. The normalized spacial score (nSPS) is 27.3. The van der Waals surface area contributed by atoms with Gasteiger partial charge in [-0.05, 0) is 65.8 Å². The van der Waals surface area contributed by atoms with Gasteiger partial charge in [0.2, 0.25) is 0 Å². The first-order chi connectivity index (χ1) is 14.1. The van der Waals surface area contributed by atoms with Crippen LogP contribution in [0.5, 0.6) is 5.75 Å². The minimum Gasteiger partial charge on any atom is -0.489 e. The second-order valence-electron chi connectivity index (χ2n) is 7.72. The third kappa shape index (κ3) is 3.25. The summed E-state index contributed by atoms with van der Waals surface area (Å²) in [5.41, 5.74) is 1.82. The number of hydrogen-bond acceptors (Lipinski definition) is 4. The smallest absolute Gasteiger partial charge is 0.254 e. The maximum Gasteiger partial charge on any atom is 0.254 e. The number of rotatable bonds is 5. The fourth-order valence-corrected chi connectivity index (χ4v) is 4.65. The monoisotopic (exact) mass is 406 g/mol. The number of hydrazone groups is 1. The zero-order valence-corrected chi connectivity index (χ0v) is 16.3. The SMILES string of the molecule is O=C1[C@@H]2[C@H](C(=O)N1N=Cc1ccc(OCc3ccc(Cl)cc3)cc1)[C@H]1C=C[C@H]2C1. The van der Waals surface area contributed by atoms with Crippen LogP contribution in [0.2, 0.25) is 5.02 Å². The van der Waals surface area contributed by atoms with E-state index in [-0.39, 0.29) is 35.5 Å². The van der Waals surface area contributed by atoms with Crippen molar-refractivity contribution < 1.29 is 14.3 Å². The largest absolute Gasteiger partial charge is 0.489 e. The molecule has 0 spiro atoms. The van der Waals surface area contributed by atoms with Crippen LogP contribution in [0.25, 0.3) is 0 Å². The minimum atomic E-state index is -0.224. The molecule has 2 aliphatic carbocycles. The first-order valence-electron chi connectivity index (χ1n) is 9.67. The highest BCUT2D eigenvalue weighted by Crippen LogP contribution is 2.52. The minimum absolute atomic E-state index is 0.170. The molecule has 1 saturated heterocycles.